The Morgan fingerprint density at radius 1 is 0.636 bits per heavy atom. The topological polar surface area (TPSA) is 0 Å². The van der Waals surface area contributed by atoms with Gasteiger partial charge in [-0.25, -0.2) is 0 Å². The molecule has 0 aromatic heterocycles. The molecule has 3 rings (SSSR count). The first kappa shape index (κ1) is 17.1. The second kappa shape index (κ2) is 8.41. The van der Waals surface area contributed by atoms with Crippen molar-refractivity contribution >= 4 is 0 Å². The summed E-state index contributed by atoms with van der Waals surface area (Å²) in [4.78, 5) is 0. The van der Waals surface area contributed by atoms with Crippen LogP contribution in [0.2, 0.25) is 0 Å². The summed E-state index contributed by atoms with van der Waals surface area (Å²) in [5.74, 6) is 0. The maximum absolute atomic E-state index is 3.06. The van der Waals surface area contributed by atoms with Crippen molar-refractivity contribution in [2.75, 3.05) is 0 Å². The minimum absolute atomic E-state index is 0. The van der Waals surface area contributed by atoms with Gasteiger partial charge in [0.05, 0.1) is 0 Å². The standard InChI is InChI=1S/C21H19.Y/c1-2-17-8-12-20(13-9-17)21-14-10-19(11-15-21)16-18-6-4-3-5-7-18;/h4-15H,2,16H2,1H3;/q-1;. The van der Waals surface area contributed by atoms with Gasteiger partial charge in [0.1, 0.15) is 0 Å². The third-order valence-corrected chi connectivity index (χ3v) is 3.84. The molecule has 0 fully saturated rings. The van der Waals surface area contributed by atoms with Gasteiger partial charge in [-0.3, -0.25) is 0 Å². The van der Waals surface area contributed by atoms with E-state index in [1.54, 1.807) is 0 Å². The minimum atomic E-state index is 0. The summed E-state index contributed by atoms with van der Waals surface area (Å²) in [5.41, 5.74) is 6.62. The molecular weight excluding hydrogens is 341 g/mol. The quantitative estimate of drug-likeness (QED) is 0.554. The first-order valence-corrected chi connectivity index (χ1v) is 7.48. The van der Waals surface area contributed by atoms with E-state index >= 15 is 0 Å². The fraction of sp³-hybridized carbons (Fsp3) is 0.143. The Labute approximate surface area is 158 Å². The van der Waals surface area contributed by atoms with Gasteiger partial charge >= 0.3 is 0 Å². The largest absolute Gasteiger partial charge is 0.184 e. The van der Waals surface area contributed by atoms with Crippen LogP contribution in [-0.4, -0.2) is 0 Å². The molecule has 0 aliphatic heterocycles. The molecule has 0 bridgehead atoms. The normalized spacial score (nSPS) is 10.0. The van der Waals surface area contributed by atoms with Crippen LogP contribution in [0.15, 0.2) is 72.8 Å². The van der Waals surface area contributed by atoms with Crippen LogP contribution < -0.4 is 0 Å². The summed E-state index contributed by atoms with van der Waals surface area (Å²) in [6, 6.07) is 29.0. The van der Waals surface area contributed by atoms with E-state index < -0.39 is 0 Å². The van der Waals surface area contributed by atoms with Crippen molar-refractivity contribution in [3.63, 3.8) is 0 Å². The number of hydrogen-bond acceptors (Lipinski definition) is 0. The van der Waals surface area contributed by atoms with Crippen LogP contribution in [0.3, 0.4) is 0 Å². The number of rotatable bonds is 4. The Hall–Kier alpha value is -1.24. The second-order valence-corrected chi connectivity index (χ2v) is 5.33. The first-order chi connectivity index (χ1) is 10.3. The molecule has 0 aliphatic carbocycles. The molecule has 0 amide bonds. The third kappa shape index (κ3) is 4.38. The predicted molar refractivity (Wildman–Crippen MR) is 89.3 cm³/mol. The summed E-state index contributed by atoms with van der Waals surface area (Å²) < 4.78 is 0. The van der Waals surface area contributed by atoms with Crippen LogP contribution in [-0.2, 0) is 45.6 Å². The van der Waals surface area contributed by atoms with Crippen LogP contribution in [0.5, 0.6) is 0 Å². The number of benzene rings is 3. The molecule has 0 aliphatic rings. The molecular formula is C21H19Y-. The van der Waals surface area contributed by atoms with Gasteiger partial charge in [0, 0.05) is 32.7 Å². The van der Waals surface area contributed by atoms with Crippen LogP contribution in [0.4, 0.5) is 0 Å². The molecule has 0 spiro atoms. The maximum Gasteiger partial charge on any atom is 0 e. The molecule has 3 aromatic rings. The molecule has 3 aromatic carbocycles. The number of hydrogen-bond donors (Lipinski definition) is 0. The van der Waals surface area contributed by atoms with Gasteiger partial charge in [0.15, 0.2) is 0 Å². The van der Waals surface area contributed by atoms with Crippen molar-refractivity contribution in [2.24, 2.45) is 0 Å². The predicted octanol–water partition coefficient (Wildman–Crippen LogP) is 5.30. The molecule has 22 heavy (non-hydrogen) atoms. The second-order valence-electron chi connectivity index (χ2n) is 5.33. The van der Waals surface area contributed by atoms with Crippen LogP contribution in [0.1, 0.15) is 23.6 Å². The Bertz CT molecular complexity index is 682. The van der Waals surface area contributed by atoms with Crippen molar-refractivity contribution < 1.29 is 32.7 Å². The molecule has 1 radical (unpaired) electrons. The van der Waals surface area contributed by atoms with E-state index in [1.165, 1.54) is 27.8 Å². The summed E-state index contributed by atoms with van der Waals surface area (Å²) >= 11 is 0. The van der Waals surface area contributed by atoms with E-state index in [9.17, 15) is 0 Å². The van der Waals surface area contributed by atoms with Crippen molar-refractivity contribution in [3.8, 4) is 11.1 Å². The molecule has 1 heteroatoms. The molecule has 0 unspecified atom stereocenters. The molecule has 0 N–H and O–H groups in total. The van der Waals surface area contributed by atoms with Gasteiger partial charge in [0.25, 0.3) is 0 Å². The Morgan fingerprint density at radius 3 is 1.59 bits per heavy atom. The molecule has 0 nitrogen and oxygen atoms in total. The molecule has 0 heterocycles. The maximum atomic E-state index is 3.06. The zero-order valence-electron chi connectivity index (χ0n) is 12.9. The van der Waals surface area contributed by atoms with Crippen LogP contribution >= 0.6 is 0 Å². The van der Waals surface area contributed by atoms with Crippen molar-refractivity contribution in [1.82, 2.24) is 0 Å². The van der Waals surface area contributed by atoms with Gasteiger partial charge in [-0.1, -0.05) is 55.5 Å². The Kier molecular flexibility index (Phi) is 6.55. The minimum Gasteiger partial charge on any atom is -0.184 e. The van der Waals surface area contributed by atoms with Gasteiger partial charge < -0.3 is 0 Å². The van der Waals surface area contributed by atoms with E-state index in [1.807, 2.05) is 12.1 Å². The monoisotopic (exact) mass is 360 g/mol. The van der Waals surface area contributed by atoms with Crippen molar-refractivity contribution in [3.05, 3.63) is 95.6 Å². The van der Waals surface area contributed by atoms with Crippen molar-refractivity contribution in [2.45, 2.75) is 19.8 Å². The van der Waals surface area contributed by atoms with E-state index in [0.29, 0.717) is 0 Å². The van der Waals surface area contributed by atoms with Crippen LogP contribution in [0.25, 0.3) is 11.1 Å². The Morgan fingerprint density at radius 2 is 1.09 bits per heavy atom. The van der Waals surface area contributed by atoms with E-state index in [4.69, 9.17) is 0 Å². The van der Waals surface area contributed by atoms with E-state index in [0.717, 1.165) is 12.8 Å². The number of aryl methyl sites for hydroxylation is 1. The first-order valence-electron chi connectivity index (χ1n) is 7.48. The average molecular weight is 360 g/mol. The summed E-state index contributed by atoms with van der Waals surface area (Å²) in [6.07, 6.45) is 2.07. The molecule has 0 saturated heterocycles. The summed E-state index contributed by atoms with van der Waals surface area (Å²) in [5, 5.41) is 0. The summed E-state index contributed by atoms with van der Waals surface area (Å²) in [6.45, 7) is 2.19. The molecule has 0 saturated carbocycles. The fourth-order valence-corrected chi connectivity index (χ4v) is 2.52. The zero-order chi connectivity index (χ0) is 14.5. The van der Waals surface area contributed by atoms with E-state index in [2.05, 4.69) is 73.7 Å². The summed E-state index contributed by atoms with van der Waals surface area (Å²) in [7, 11) is 0. The molecule has 107 valence electrons. The smallest absolute Gasteiger partial charge is 0 e. The van der Waals surface area contributed by atoms with Gasteiger partial charge in [-0.05, 0) is 35.1 Å². The van der Waals surface area contributed by atoms with Crippen molar-refractivity contribution in [1.29, 1.82) is 0 Å². The third-order valence-electron chi connectivity index (χ3n) is 3.84. The zero-order valence-corrected chi connectivity index (χ0v) is 15.8. The van der Waals surface area contributed by atoms with Gasteiger partial charge in [-0.2, -0.15) is 35.9 Å². The van der Waals surface area contributed by atoms with E-state index in [-0.39, 0.29) is 32.7 Å². The van der Waals surface area contributed by atoms with Gasteiger partial charge in [-0.15, -0.1) is 0 Å². The average Bonchev–Trinajstić information content (AvgIpc) is 2.57. The Balaban J connectivity index is 0.00000176. The van der Waals surface area contributed by atoms with Gasteiger partial charge in [0.2, 0.25) is 0 Å². The fourth-order valence-electron chi connectivity index (χ4n) is 2.52. The SMILES string of the molecule is CCc1ccc(-c2ccc(Cc3cc[c-]cc3)cc2)cc1.[Y]. The molecule has 0 atom stereocenters. The van der Waals surface area contributed by atoms with Crippen LogP contribution in [0, 0.1) is 6.07 Å².